The van der Waals surface area contributed by atoms with Crippen molar-refractivity contribution in [3.63, 3.8) is 0 Å². The van der Waals surface area contributed by atoms with Gasteiger partial charge in [-0.3, -0.25) is 97.1 Å². The van der Waals surface area contributed by atoms with E-state index in [9.17, 15) is 62.6 Å². The maximum absolute atomic E-state index is 13.3. The maximum atomic E-state index is 13.3. The van der Waals surface area contributed by atoms with Gasteiger partial charge < -0.3 is 24.1 Å². The van der Waals surface area contributed by atoms with Crippen molar-refractivity contribution in [3.8, 4) is 21.5 Å². The van der Waals surface area contributed by atoms with Crippen molar-refractivity contribution in [1.29, 1.82) is 0 Å². The second kappa shape index (κ2) is 40.7. The van der Waals surface area contributed by atoms with Crippen LogP contribution in [0.4, 0.5) is 0 Å². The van der Waals surface area contributed by atoms with Crippen LogP contribution in [0.3, 0.4) is 0 Å². The van der Waals surface area contributed by atoms with Crippen LogP contribution in [0.5, 0.6) is 11.5 Å². The molecule has 2 fully saturated rings. The first-order chi connectivity index (χ1) is 56.2. The normalized spacial score (nSPS) is 16.9. The Hall–Kier alpha value is -11.0. The number of halogens is 2. The number of ketones is 3. The molecule has 2 unspecified atom stereocenters. The van der Waals surface area contributed by atoms with Gasteiger partial charge in [0.25, 0.3) is 23.6 Å². The summed E-state index contributed by atoms with van der Waals surface area (Å²) in [6, 6.07) is 20.9. The number of aliphatic imine (C=N–C) groups is 2. The Morgan fingerprint density at radius 2 is 0.874 bits per heavy atom. The van der Waals surface area contributed by atoms with Crippen molar-refractivity contribution in [1.82, 2.24) is 50.0 Å². The number of hydrogen-bond acceptors (Lipinski definition) is 24. The zero-order valence-corrected chi connectivity index (χ0v) is 68.8. The number of hydrogen-bond donors (Lipinski definition) is 3. The second-order valence-corrected chi connectivity index (χ2v) is 32.3. The fraction of sp³-hybridized carbons (Fsp3) is 0.419. The van der Waals surface area contributed by atoms with Crippen molar-refractivity contribution >= 4 is 128 Å². The van der Waals surface area contributed by atoms with E-state index in [0.29, 0.717) is 86.5 Å². The van der Waals surface area contributed by atoms with Crippen molar-refractivity contribution < 1.29 is 81.6 Å². The number of aliphatic carboxylic acids is 1. The Labute approximate surface area is 706 Å². The van der Waals surface area contributed by atoms with Gasteiger partial charge in [0.2, 0.25) is 23.6 Å². The Morgan fingerprint density at radius 3 is 1.26 bits per heavy atom. The number of benzene rings is 4. The van der Waals surface area contributed by atoms with E-state index in [0.717, 1.165) is 102 Å². The van der Waals surface area contributed by atoms with E-state index in [1.807, 2.05) is 71.5 Å². The Kier molecular flexibility index (Phi) is 30.9. The van der Waals surface area contributed by atoms with Gasteiger partial charge in [0, 0.05) is 107 Å². The van der Waals surface area contributed by atoms with E-state index < -0.39 is 77.4 Å². The summed E-state index contributed by atoms with van der Waals surface area (Å²) in [6.07, 6.45) is 7.35. The molecule has 0 bridgehead atoms. The molecule has 8 amide bonds. The monoisotopic (exact) mass is 1700 g/mol. The zero-order chi connectivity index (χ0) is 83.5. The molecule has 33 heteroatoms. The average molecular weight is 1700 g/mol. The standard InChI is InChI=1S/C42H43ClN6O8S.C23H28N2O7.C19H17ClN4O2S.2CH4/c1-23-24(2)58-42-35(23)37(26-13-15-27(43)16-14-26)44-31(38-47-46-25(3)48(38)42)21-28(50)9-4-6-19-56-20-7-5-10-29(51)22-57-33-12-8-11-30-36(33)41(55)49(40(30)54)32-17-18-34(52)45-39(32)53;1-2-3-12-31-13-5-4-7-15(26)14-32-18-9-6-8-16-20(18)23(30)25(22(16)29)17-10-11-19(27)24-21(17)28;1-9-10(2)27-19-16(9)17(12-4-6-13(20)7-5-12)21-14(8-15(25)26)18-23-22-11(3)24(18)19;;/h8,11-16,31-32H,4-7,9-10,17-22H2,1-3H3,(H,45,52,53);6,8-9,17H,2-5,7,10-14H2,1H3,(H,24,27,28);4-7,14H,8H2,1-3H3,(H,25,26);2*1H4/t31-,32?;;14-;;/m0.0../s1. The molecule has 8 aromatic rings. The van der Waals surface area contributed by atoms with E-state index in [1.54, 1.807) is 34.8 Å². The first-order valence-electron chi connectivity index (χ1n) is 38.8. The first-order valence-corrected chi connectivity index (χ1v) is 41.2. The quantitative estimate of drug-likeness (QED) is 0.0260. The number of carbonyl (C=O) groups is 12. The number of nitrogens with one attached hydrogen (secondary N) is 2. The van der Waals surface area contributed by atoms with Gasteiger partial charge in [-0.2, -0.15) is 0 Å². The number of nitrogens with zero attached hydrogens (tertiary/aromatic N) is 10. The Balaban J connectivity index is 0.000000206. The van der Waals surface area contributed by atoms with Gasteiger partial charge in [-0.25, -0.2) is 0 Å². The van der Waals surface area contributed by atoms with Crippen LogP contribution in [0.1, 0.15) is 251 Å². The molecule has 0 aliphatic carbocycles. The summed E-state index contributed by atoms with van der Waals surface area (Å²) in [6.45, 7) is 16.0. The number of rotatable bonds is 32. The van der Waals surface area contributed by atoms with Crippen LogP contribution >= 0.6 is 45.9 Å². The van der Waals surface area contributed by atoms with Crippen molar-refractivity contribution in [2.24, 2.45) is 9.98 Å². The molecule has 6 aliphatic heterocycles. The highest BCUT2D eigenvalue weighted by atomic mass is 35.5. The number of ether oxygens (including phenoxy) is 4. The molecule has 6 aliphatic rings. The third-order valence-electron chi connectivity index (χ3n) is 20.8. The van der Waals surface area contributed by atoms with Gasteiger partial charge in [0.15, 0.2) is 23.2 Å². The predicted molar refractivity (Wildman–Crippen MR) is 447 cm³/mol. The third-order valence-corrected chi connectivity index (χ3v) is 23.7. The minimum absolute atomic E-state index is 0. The topological polar surface area (TPSA) is 379 Å². The molecule has 0 radical (unpaired) electrons. The summed E-state index contributed by atoms with van der Waals surface area (Å²) in [5.74, 6) is -3.12. The lowest BCUT2D eigenvalue weighted by Gasteiger charge is -2.27. The van der Waals surface area contributed by atoms with Crippen molar-refractivity contribution in [2.45, 2.75) is 197 Å². The van der Waals surface area contributed by atoms with Crippen LogP contribution in [0.25, 0.3) is 10.0 Å². The Morgan fingerprint density at radius 1 is 0.487 bits per heavy atom. The lowest BCUT2D eigenvalue weighted by molar-refractivity contribution is -0.138. The number of thiophene rings is 2. The molecule has 0 saturated carbocycles. The molecule has 0 spiro atoms. The zero-order valence-electron chi connectivity index (χ0n) is 65.7. The number of carboxylic acids is 1. The number of aromatic nitrogens is 6. The number of unbranched alkanes of at least 4 members (excludes halogenated alkanes) is 4. The summed E-state index contributed by atoms with van der Waals surface area (Å²) < 4.78 is 26.5. The number of fused-ring (bicyclic) bond motifs is 8. The van der Waals surface area contributed by atoms with E-state index in [4.69, 9.17) is 52.1 Å². The molecule has 3 N–H and O–H groups in total. The molecule has 14 rings (SSSR count). The fourth-order valence-corrected chi connectivity index (χ4v) is 17.1. The highest BCUT2D eigenvalue weighted by molar-refractivity contribution is 7.15. The Bertz CT molecular complexity index is 5300. The van der Waals surface area contributed by atoms with Crippen LogP contribution in [0.2, 0.25) is 10.0 Å². The van der Waals surface area contributed by atoms with Gasteiger partial charge in [0.05, 0.1) is 40.1 Å². The molecular weight excluding hydrogens is 1610 g/mol. The summed E-state index contributed by atoms with van der Waals surface area (Å²) in [5.41, 5.74) is 7.91. The number of amides is 8. The summed E-state index contributed by atoms with van der Waals surface area (Å²) >= 11 is 15.6. The molecule has 4 aromatic heterocycles. The molecule has 2 saturated heterocycles. The lowest BCUT2D eigenvalue weighted by Crippen LogP contribution is -2.54. The van der Waals surface area contributed by atoms with E-state index in [1.165, 1.54) is 34.0 Å². The van der Waals surface area contributed by atoms with Gasteiger partial charge in [-0.15, -0.1) is 43.1 Å². The van der Waals surface area contributed by atoms with Crippen LogP contribution < -0.4 is 20.1 Å². The van der Waals surface area contributed by atoms with Gasteiger partial charge >= 0.3 is 5.97 Å². The molecule has 10 heterocycles. The largest absolute Gasteiger partial charge is 0.485 e. The van der Waals surface area contributed by atoms with Gasteiger partial charge in [-0.1, -0.05) is 87.8 Å². The van der Waals surface area contributed by atoms with E-state index in [2.05, 4.69) is 65.6 Å². The van der Waals surface area contributed by atoms with Crippen LogP contribution in [-0.2, 0) is 47.8 Å². The average Bonchev–Trinajstić information content (AvgIpc) is 1.55. The van der Waals surface area contributed by atoms with Crippen LogP contribution in [0, 0.1) is 41.5 Å². The third kappa shape index (κ3) is 20.5. The molecule has 4 aromatic carbocycles. The first kappa shape index (κ1) is 90.4. The molecule has 119 heavy (non-hydrogen) atoms. The SMILES string of the molecule is C.C.CCCCOCCCCC(=O)COc1cccc2c1C(=O)N(C1CCC(=O)NC1=O)C2=O.Cc1sc2c(c1C)C(c1ccc(Cl)cc1)=N[C@@H](CC(=O)CCCCOCCCCC(=O)COc1cccc3c1C(=O)N(C1CCC(=O)NC1=O)C3=O)c1nnc(C)n1-2.Cc1sc2c(c1C)C(c1ccc(Cl)cc1)=N[C@@H](CC(=O)O)c1nnc(C)n1-2. The molecular formula is C86H96Cl2N12O17S2. The number of aryl methyl sites for hydroxylation is 4. The van der Waals surface area contributed by atoms with E-state index >= 15 is 0 Å². The number of carboxylic acid groups (broad SMARTS) is 1. The van der Waals surface area contributed by atoms with Crippen LogP contribution in [0.15, 0.2) is 94.9 Å². The number of imide groups is 4. The summed E-state index contributed by atoms with van der Waals surface area (Å²) in [5, 5.41) is 34.3. The number of Topliss-reactive ketones (excluding diaryl/α,β-unsaturated/α-hetero) is 3. The smallest absolute Gasteiger partial charge is 0.306 e. The highest BCUT2D eigenvalue weighted by Gasteiger charge is 2.48. The molecule has 4 atom stereocenters. The lowest BCUT2D eigenvalue weighted by atomic mass is 9.99. The summed E-state index contributed by atoms with van der Waals surface area (Å²) in [4.78, 5) is 163. The van der Waals surface area contributed by atoms with Gasteiger partial charge in [0.1, 0.15) is 76.3 Å². The predicted octanol–water partition coefficient (Wildman–Crippen LogP) is 13.7. The van der Waals surface area contributed by atoms with Gasteiger partial charge in [-0.05, 0) is 159 Å². The second-order valence-electron chi connectivity index (χ2n) is 29.0. The maximum Gasteiger partial charge on any atom is 0.306 e. The van der Waals surface area contributed by atoms with E-state index in [-0.39, 0.29) is 124 Å². The molecule has 628 valence electrons. The summed E-state index contributed by atoms with van der Waals surface area (Å²) in [7, 11) is 0. The highest BCUT2D eigenvalue weighted by Crippen LogP contribution is 2.43. The van der Waals surface area contributed by atoms with Crippen LogP contribution in [-0.4, -0.2) is 178 Å². The number of carbonyl (C=O) groups excluding carboxylic acids is 11. The number of piperidine rings is 2. The van der Waals surface area contributed by atoms with Crippen molar-refractivity contribution in [2.75, 3.05) is 39.6 Å². The minimum atomic E-state index is -1.09. The fourth-order valence-electron chi connectivity index (χ4n) is 14.4. The minimum Gasteiger partial charge on any atom is -0.485 e. The molecule has 29 nitrogen and oxygen atoms in total. The van der Waals surface area contributed by atoms with Crippen molar-refractivity contribution in [3.05, 3.63) is 184 Å².